The molecule has 0 saturated heterocycles. The fourth-order valence-corrected chi connectivity index (χ4v) is 3.96. The number of esters is 1. The van der Waals surface area contributed by atoms with Gasteiger partial charge in [0.05, 0.1) is 17.2 Å². The van der Waals surface area contributed by atoms with Crippen LogP contribution in [0.15, 0.2) is 72.9 Å². The summed E-state index contributed by atoms with van der Waals surface area (Å²) < 4.78 is 5.55. The SMILES string of the molecule is CC(C)(C)OC(=O)[C@H](NC(=S)NNc1ncc(C(=O)N(CCO)Cc2ccccc2)cc1Cl)c1ccccc1. The normalized spacial score (nSPS) is 11.7. The molecular formula is C28H32ClN5O4S. The molecule has 0 bridgehead atoms. The molecule has 2 aromatic carbocycles. The van der Waals surface area contributed by atoms with Crippen molar-refractivity contribution in [3.63, 3.8) is 0 Å². The second-order valence-electron chi connectivity index (χ2n) is 9.59. The molecule has 4 N–H and O–H groups in total. The number of nitrogens with zero attached hydrogens (tertiary/aromatic N) is 2. The van der Waals surface area contributed by atoms with E-state index in [9.17, 15) is 14.7 Å². The summed E-state index contributed by atoms with van der Waals surface area (Å²) in [7, 11) is 0. The molecule has 9 nitrogen and oxygen atoms in total. The van der Waals surface area contributed by atoms with Crippen LogP contribution in [-0.2, 0) is 16.1 Å². The summed E-state index contributed by atoms with van der Waals surface area (Å²) in [6, 6.07) is 19.2. The Balaban J connectivity index is 1.66. The summed E-state index contributed by atoms with van der Waals surface area (Å²) in [5, 5.41) is 12.7. The molecule has 0 unspecified atom stereocenters. The average Bonchev–Trinajstić information content (AvgIpc) is 2.90. The van der Waals surface area contributed by atoms with Crippen LogP contribution in [0.25, 0.3) is 0 Å². The van der Waals surface area contributed by atoms with Crippen LogP contribution >= 0.6 is 23.8 Å². The van der Waals surface area contributed by atoms with Crippen molar-refractivity contribution in [2.24, 2.45) is 0 Å². The molecule has 0 aliphatic carbocycles. The van der Waals surface area contributed by atoms with Crippen LogP contribution in [0.5, 0.6) is 0 Å². The Morgan fingerprint density at radius 3 is 2.33 bits per heavy atom. The molecule has 3 aromatic rings. The standard InChI is InChI=1S/C28H32ClN5O4S/c1-28(2,3)38-26(37)23(20-12-8-5-9-13-20)31-27(39)33-32-24-22(29)16-21(17-30-24)25(36)34(14-15-35)18-19-10-6-4-7-11-19/h4-13,16-17,23,35H,14-15,18H2,1-3H3,(H,30,32)(H2,31,33,39)/t23-/m1/s1. The summed E-state index contributed by atoms with van der Waals surface area (Å²) >= 11 is 11.8. The first-order valence-corrected chi connectivity index (χ1v) is 13.1. The molecule has 39 heavy (non-hydrogen) atoms. The third-order valence-electron chi connectivity index (χ3n) is 5.31. The van der Waals surface area contributed by atoms with Crippen LogP contribution in [0.1, 0.15) is 48.3 Å². The molecule has 0 spiro atoms. The molecule has 1 heterocycles. The van der Waals surface area contributed by atoms with Gasteiger partial charge in [-0.3, -0.25) is 15.6 Å². The maximum Gasteiger partial charge on any atom is 0.333 e. The molecule has 3 rings (SSSR count). The van der Waals surface area contributed by atoms with Crippen molar-refractivity contribution in [1.29, 1.82) is 0 Å². The fraction of sp³-hybridized carbons (Fsp3) is 0.286. The first-order valence-electron chi connectivity index (χ1n) is 12.3. The van der Waals surface area contributed by atoms with E-state index in [1.807, 2.05) is 48.5 Å². The number of aromatic nitrogens is 1. The predicted molar refractivity (Wildman–Crippen MR) is 155 cm³/mol. The topological polar surface area (TPSA) is 116 Å². The number of aliphatic hydroxyl groups excluding tert-OH is 1. The van der Waals surface area contributed by atoms with Gasteiger partial charge in [-0.25, -0.2) is 9.78 Å². The third-order valence-corrected chi connectivity index (χ3v) is 5.81. The minimum absolute atomic E-state index is 0.102. The smallest absolute Gasteiger partial charge is 0.333 e. The highest BCUT2D eigenvalue weighted by Gasteiger charge is 2.27. The highest BCUT2D eigenvalue weighted by Crippen LogP contribution is 2.22. The molecule has 1 amide bonds. The monoisotopic (exact) mass is 569 g/mol. The Morgan fingerprint density at radius 1 is 1.10 bits per heavy atom. The Hall–Kier alpha value is -3.73. The summed E-state index contributed by atoms with van der Waals surface area (Å²) in [5.41, 5.74) is 6.77. The van der Waals surface area contributed by atoms with Gasteiger partial charge in [0, 0.05) is 19.3 Å². The lowest BCUT2D eigenvalue weighted by atomic mass is 10.1. The van der Waals surface area contributed by atoms with E-state index in [4.69, 9.17) is 28.6 Å². The first-order chi connectivity index (χ1) is 18.6. The zero-order valence-corrected chi connectivity index (χ0v) is 23.6. The Morgan fingerprint density at radius 2 is 1.74 bits per heavy atom. The van der Waals surface area contributed by atoms with Crippen molar-refractivity contribution < 1.29 is 19.4 Å². The van der Waals surface area contributed by atoms with E-state index in [-0.39, 0.29) is 40.6 Å². The fourth-order valence-electron chi connectivity index (χ4n) is 3.57. The van der Waals surface area contributed by atoms with Gasteiger partial charge in [-0.15, -0.1) is 0 Å². The van der Waals surface area contributed by atoms with Gasteiger partial charge in [-0.05, 0) is 50.2 Å². The number of aliphatic hydroxyl groups is 1. The Labute approximate surface area is 238 Å². The van der Waals surface area contributed by atoms with Crippen molar-refractivity contribution in [2.45, 2.75) is 39.0 Å². The number of pyridine rings is 1. The summed E-state index contributed by atoms with van der Waals surface area (Å²) in [4.78, 5) is 31.7. The number of amides is 1. The number of carbonyl (C=O) groups excluding carboxylic acids is 2. The molecular weight excluding hydrogens is 538 g/mol. The van der Waals surface area contributed by atoms with Crippen LogP contribution in [0.2, 0.25) is 5.02 Å². The Kier molecular flexibility index (Phi) is 10.6. The van der Waals surface area contributed by atoms with Crippen LogP contribution in [-0.4, -0.2) is 50.7 Å². The van der Waals surface area contributed by atoms with Crippen molar-refractivity contribution in [1.82, 2.24) is 20.6 Å². The van der Waals surface area contributed by atoms with Gasteiger partial charge in [0.2, 0.25) is 0 Å². The molecule has 1 aromatic heterocycles. The van der Waals surface area contributed by atoms with Crippen molar-refractivity contribution in [3.8, 4) is 0 Å². The lowest BCUT2D eigenvalue weighted by molar-refractivity contribution is -0.157. The molecule has 0 radical (unpaired) electrons. The number of hydrazine groups is 1. The van der Waals surface area contributed by atoms with Crippen molar-refractivity contribution in [3.05, 3.63) is 94.6 Å². The second-order valence-corrected chi connectivity index (χ2v) is 10.4. The molecule has 0 fully saturated rings. The average molecular weight is 570 g/mol. The van der Waals surface area contributed by atoms with Gasteiger partial charge >= 0.3 is 5.97 Å². The second kappa shape index (κ2) is 13.9. The lowest BCUT2D eigenvalue weighted by Gasteiger charge is -2.26. The number of nitrogens with one attached hydrogen (secondary N) is 3. The zero-order valence-electron chi connectivity index (χ0n) is 22.0. The van der Waals surface area contributed by atoms with Crippen LogP contribution in [0, 0.1) is 0 Å². The number of rotatable bonds is 10. The van der Waals surface area contributed by atoms with Gasteiger partial charge < -0.3 is 20.1 Å². The maximum atomic E-state index is 13.1. The molecule has 0 saturated carbocycles. The van der Waals surface area contributed by atoms with Crippen LogP contribution in [0.4, 0.5) is 5.82 Å². The van der Waals surface area contributed by atoms with Gasteiger partial charge in [0.15, 0.2) is 17.0 Å². The van der Waals surface area contributed by atoms with E-state index >= 15 is 0 Å². The Bertz CT molecular complexity index is 1270. The zero-order chi connectivity index (χ0) is 28.4. The lowest BCUT2D eigenvalue weighted by Crippen LogP contribution is -2.44. The van der Waals surface area contributed by atoms with E-state index in [1.165, 1.54) is 17.2 Å². The van der Waals surface area contributed by atoms with Crippen molar-refractivity contribution in [2.75, 3.05) is 18.6 Å². The van der Waals surface area contributed by atoms with Crippen molar-refractivity contribution >= 4 is 46.6 Å². The summed E-state index contributed by atoms with van der Waals surface area (Å²) in [5.74, 6) is -0.579. The van der Waals surface area contributed by atoms with Crippen LogP contribution < -0.4 is 16.2 Å². The first kappa shape index (κ1) is 29.8. The minimum atomic E-state index is -0.849. The quantitative estimate of drug-likeness (QED) is 0.162. The number of anilines is 1. The number of halogens is 1. The van der Waals surface area contributed by atoms with Crippen LogP contribution in [0.3, 0.4) is 0 Å². The highest BCUT2D eigenvalue weighted by atomic mass is 35.5. The number of hydrogen-bond donors (Lipinski definition) is 4. The number of ether oxygens (including phenoxy) is 1. The highest BCUT2D eigenvalue weighted by molar-refractivity contribution is 7.80. The third kappa shape index (κ3) is 9.20. The predicted octanol–water partition coefficient (Wildman–Crippen LogP) is 4.24. The van der Waals surface area contributed by atoms with E-state index in [1.54, 1.807) is 32.9 Å². The molecule has 1 atom stereocenters. The maximum absolute atomic E-state index is 13.1. The summed E-state index contributed by atoms with van der Waals surface area (Å²) in [6.45, 7) is 5.68. The minimum Gasteiger partial charge on any atom is -0.458 e. The van der Waals surface area contributed by atoms with Gasteiger partial charge in [-0.1, -0.05) is 72.3 Å². The van der Waals surface area contributed by atoms with Gasteiger partial charge in [-0.2, -0.15) is 0 Å². The van der Waals surface area contributed by atoms with Gasteiger partial charge in [0.25, 0.3) is 5.91 Å². The number of carbonyl (C=O) groups is 2. The van der Waals surface area contributed by atoms with E-state index < -0.39 is 17.6 Å². The van der Waals surface area contributed by atoms with E-state index in [0.29, 0.717) is 12.1 Å². The van der Waals surface area contributed by atoms with Gasteiger partial charge in [0.1, 0.15) is 5.60 Å². The summed E-state index contributed by atoms with van der Waals surface area (Å²) in [6.07, 6.45) is 1.39. The van der Waals surface area contributed by atoms with E-state index in [0.717, 1.165) is 5.56 Å². The molecule has 11 heteroatoms. The molecule has 206 valence electrons. The number of hydrogen-bond acceptors (Lipinski definition) is 7. The largest absolute Gasteiger partial charge is 0.458 e. The van der Waals surface area contributed by atoms with E-state index in [2.05, 4.69) is 21.2 Å². The molecule has 0 aliphatic rings. The number of benzene rings is 2. The number of thiocarbonyl (C=S) groups is 1. The molecule has 0 aliphatic heterocycles.